The van der Waals surface area contributed by atoms with Crippen LogP contribution in [0.1, 0.15) is 9.67 Å². The average molecular weight is 194 g/mol. The summed E-state index contributed by atoms with van der Waals surface area (Å²) in [6.07, 6.45) is 4.91. The van der Waals surface area contributed by atoms with E-state index in [1.54, 1.807) is 34.7 Å². The molecule has 0 amide bonds. The molecule has 2 aromatic heterocycles. The molecule has 1 N–H and O–H groups in total. The fourth-order valence-electron chi connectivity index (χ4n) is 1.07. The second kappa shape index (κ2) is 3.02. The molecule has 0 aliphatic carbocycles. The van der Waals surface area contributed by atoms with E-state index in [0.717, 1.165) is 0 Å². The van der Waals surface area contributed by atoms with Crippen molar-refractivity contribution in [2.75, 3.05) is 0 Å². The van der Waals surface area contributed by atoms with Crippen molar-refractivity contribution in [2.45, 2.75) is 0 Å². The third-order valence-electron chi connectivity index (χ3n) is 1.62. The quantitative estimate of drug-likeness (QED) is 0.790. The number of hydrogen-bond acceptors (Lipinski definition) is 3. The molecule has 0 aromatic carbocycles. The lowest BCUT2D eigenvalue weighted by Crippen LogP contribution is -1.99. The van der Waals surface area contributed by atoms with Crippen molar-refractivity contribution in [3.63, 3.8) is 0 Å². The van der Waals surface area contributed by atoms with Gasteiger partial charge in [0.25, 0.3) is 0 Å². The molecule has 2 aromatic rings. The van der Waals surface area contributed by atoms with Gasteiger partial charge in [-0.1, -0.05) is 0 Å². The molecule has 0 aliphatic heterocycles. The normalized spacial score (nSPS) is 10.2. The van der Waals surface area contributed by atoms with Crippen LogP contribution in [0.2, 0.25) is 0 Å². The second-order valence-electron chi connectivity index (χ2n) is 2.41. The zero-order valence-electron chi connectivity index (χ0n) is 6.54. The van der Waals surface area contributed by atoms with E-state index >= 15 is 0 Å². The molecule has 0 saturated heterocycles. The van der Waals surface area contributed by atoms with Gasteiger partial charge in [-0.15, -0.1) is 11.3 Å². The Bertz CT molecular complexity index is 419. The van der Waals surface area contributed by atoms with Gasteiger partial charge in [-0.25, -0.2) is 9.78 Å². The van der Waals surface area contributed by atoms with Crippen molar-refractivity contribution in [2.24, 2.45) is 0 Å². The zero-order valence-corrected chi connectivity index (χ0v) is 7.36. The van der Waals surface area contributed by atoms with Crippen molar-refractivity contribution in [3.8, 4) is 5.69 Å². The highest BCUT2D eigenvalue weighted by Crippen LogP contribution is 2.20. The molecule has 2 heterocycles. The maximum absolute atomic E-state index is 10.8. The van der Waals surface area contributed by atoms with Gasteiger partial charge in [0, 0.05) is 12.4 Å². The summed E-state index contributed by atoms with van der Waals surface area (Å²) in [5, 5.41) is 10.6. The fourth-order valence-corrected chi connectivity index (χ4v) is 1.80. The molecular weight excluding hydrogens is 188 g/mol. The number of aromatic carboxylic acids is 1. The van der Waals surface area contributed by atoms with Crippen LogP contribution in [0.4, 0.5) is 0 Å². The summed E-state index contributed by atoms with van der Waals surface area (Å²) < 4.78 is 1.68. The largest absolute Gasteiger partial charge is 0.477 e. The predicted molar refractivity (Wildman–Crippen MR) is 48.4 cm³/mol. The van der Waals surface area contributed by atoms with Crippen LogP contribution in [0.25, 0.3) is 5.69 Å². The molecule has 0 bridgehead atoms. The van der Waals surface area contributed by atoms with Gasteiger partial charge in [-0.05, 0) is 11.4 Å². The van der Waals surface area contributed by atoms with E-state index in [0.29, 0.717) is 10.6 Å². The third kappa shape index (κ3) is 1.33. The topological polar surface area (TPSA) is 55.1 Å². The highest BCUT2D eigenvalue weighted by molar-refractivity contribution is 7.12. The second-order valence-corrected chi connectivity index (χ2v) is 3.33. The molecule has 4 nitrogen and oxygen atoms in total. The van der Waals surface area contributed by atoms with Crippen molar-refractivity contribution in [3.05, 3.63) is 35.0 Å². The molecule has 5 heteroatoms. The lowest BCUT2D eigenvalue weighted by molar-refractivity contribution is 0.0702. The molecule has 0 fully saturated rings. The Kier molecular flexibility index (Phi) is 1.86. The summed E-state index contributed by atoms with van der Waals surface area (Å²) in [6, 6.07) is 1.76. The van der Waals surface area contributed by atoms with E-state index in [4.69, 9.17) is 5.11 Å². The van der Waals surface area contributed by atoms with E-state index in [-0.39, 0.29) is 0 Å². The van der Waals surface area contributed by atoms with E-state index in [2.05, 4.69) is 4.98 Å². The van der Waals surface area contributed by atoms with Gasteiger partial charge in [-0.2, -0.15) is 0 Å². The Hall–Kier alpha value is -1.62. The first kappa shape index (κ1) is 8.00. The molecular formula is C8H6N2O2S. The van der Waals surface area contributed by atoms with Crippen LogP contribution in [0.5, 0.6) is 0 Å². The maximum atomic E-state index is 10.8. The van der Waals surface area contributed by atoms with Gasteiger partial charge in [0.2, 0.25) is 0 Å². The van der Waals surface area contributed by atoms with E-state index < -0.39 is 5.97 Å². The van der Waals surface area contributed by atoms with E-state index in [1.165, 1.54) is 11.3 Å². The molecule has 0 spiro atoms. The number of nitrogens with zero attached hydrogens (tertiary/aromatic N) is 2. The van der Waals surface area contributed by atoms with Crippen LogP contribution in [0.15, 0.2) is 30.2 Å². The number of carboxylic acid groups (broad SMARTS) is 1. The number of thiophene rings is 1. The first-order valence-electron chi connectivity index (χ1n) is 3.58. The van der Waals surface area contributed by atoms with E-state index in [1.807, 2.05) is 0 Å². The molecule has 66 valence electrons. The molecule has 0 atom stereocenters. The minimum atomic E-state index is -0.904. The number of hydrogen-bond donors (Lipinski definition) is 1. The standard InChI is InChI=1S/C8H6N2O2S/c11-8(12)7-6(1-4-13-7)10-3-2-9-5-10/h1-5H,(H,11,12). The Morgan fingerprint density at radius 3 is 3.08 bits per heavy atom. The predicted octanol–water partition coefficient (Wildman–Crippen LogP) is 1.63. The molecule has 13 heavy (non-hydrogen) atoms. The van der Waals surface area contributed by atoms with Gasteiger partial charge < -0.3 is 9.67 Å². The maximum Gasteiger partial charge on any atom is 0.348 e. The van der Waals surface area contributed by atoms with Crippen LogP contribution in [0, 0.1) is 0 Å². The minimum Gasteiger partial charge on any atom is -0.477 e. The summed E-state index contributed by atoms with van der Waals surface area (Å²) >= 11 is 1.21. The Labute approximate surface area is 78.1 Å². The molecule has 0 radical (unpaired) electrons. The molecule has 2 rings (SSSR count). The summed E-state index contributed by atoms with van der Waals surface area (Å²) in [7, 11) is 0. The smallest absolute Gasteiger partial charge is 0.348 e. The van der Waals surface area contributed by atoms with Crippen molar-refractivity contribution >= 4 is 17.3 Å². The monoisotopic (exact) mass is 194 g/mol. The van der Waals surface area contributed by atoms with Gasteiger partial charge in [0.1, 0.15) is 4.88 Å². The number of carboxylic acids is 1. The van der Waals surface area contributed by atoms with E-state index in [9.17, 15) is 4.79 Å². The molecule has 0 unspecified atom stereocenters. The van der Waals surface area contributed by atoms with Crippen LogP contribution in [-0.2, 0) is 0 Å². The molecule has 0 saturated carbocycles. The first-order valence-corrected chi connectivity index (χ1v) is 4.46. The van der Waals surface area contributed by atoms with Crippen LogP contribution < -0.4 is 0 Å². The zero-order chi connectivity index (χ0) is 9.26. The van der Waals surface area contributed by atoms with Crippen LogP contribution >= 0.6 is 11.3 Å². The first-order chi connectivity index (χ1) is 6.29. The average Bonchev–Trinajstić information content (AvgIpc) is 2.74. The van der Waals surface area contributed by atoms with Gasteiger partial charge in [-0.3, -0.25) is 0 Å². The minimum absolute atomic E-state index is 0.331. The lowest BCUT2D eigenvalue weighted by atomic mass is 10.4. The summed E-state index contributed by atoms with van der Waals surface area (Å²) in [5.74, 6) is -0.904. The van der Waals surface area contributed by atoms with Gasteiger partial charge in [0.05, 0.1) is 12.0 Å². The fraction of sp³-hybridized carbons (Fsp3) is 0. The SMILES string of the molecule is O=C(O)c1sccc1-n1ccnc1. The molecule has 0 aliphatic rings. The van der Waals surface area contributed by atoms with Gasteiger partial charge in [0.15, 0.2) is 0 Å². The number of rotatable bonds is 2. The van der Waals surface area contributed by atoms with Crippen molar-refractivity contribution in [1.82, 2.24) is 9.55 Å². The Morgan fingerprint density at radius 1 is 1.62 bits per heavy atom. The lowest BCUT2D eigenvalue weighted by Gasteiger charge is -1.98. The van der Waals surface area contributed by atoms with Crippen molar-refractivity contribution in [1.29, 1.82) is 0 Å². The van der Waals surface area contributed by atoms with Crippen molar-refractivity contribution < 1.29 is 9.90 Å². The Morgan fingerprint density at radius 2 is 2.46 bits per heavy atom. The highest BCUT2D eigenvalue weighted by Gasteiger charge is 2.12. The number of carbonyl (C=O) groups is 1. The van der Waals surface area contributed by atoms with Crippen LogP contribution in [0.3, 0.4) is 0 Å². The number of aromatic nitrogens is 2. The third-order valence-corrected chi connectivity index (χ3v) is 2.51. The summed E-state index contributed by atoms with van der Waals surface area (Å²) in [5.41, 5.74) is 0.662. The number of imidazole rings is 1. The Balaban J connectivity index is 2.52. The van der Waals surface area contributed by atoms with Gasteiger partial charge >= 0.3 is 5.97 Å². The summed E-state index contributed by atoms with van der Waals surface area (Å²) in [4.78, 5) is 14.9. The van der Waals surface area contributed by atoms with Crippen LogP contribution in [-0.4, -0.2) is 20.6 Å². The highest BCUT2D eigenvalue weighted by atomic mass is 32.1. The summed E-state index contributed by atoms with van der Waals surface area (Å²) in [6.45, 7) is 0.